The van der Waals surface area contributed by atoms with Gasteiger partial charge in [0.1, 0.15) is 18.1 Å². The van der Waals surface area contributed by atoms with E-state index in [0.29, 0.717) is 24.3 Å². The average Bonchev–Trinajstić information content (AvgIpc) is 3.28. The Labute approximate surface area is 177 Å². The Morgan fingerprint density at radius 3 is 2.70 bits per heavy atom. The van der Waals surface area contributed by atoms with Gasteiger partial charge in [0.05, 0.1) is 18.9 Å². The Bertz CT molecular complexity index is 968. The zero-order valence-electron chi connectivity index (χ0n) is 18.0. The van der Waals surface area contributed by atoms with Crippen molar-refractivity contribution < 1.29 is 14.3 Å². The maximum absolute atomic E-state index is 13.2. The standard InChI is InChI=1S/C24H29N3O3/c1-17(18-6-5-7-21(13-18)29-4)12-23(28)22-9-8-19(20-15-25-26-16-20)14-24(22)30-11-10-27(2)3/h5-9,13-17H,10-12H2,1-4H3,(H,25,26)/t17-/m0/s1. The second kappa shape index (κ2) is 10.1. The summed E-state index contributed by atoms with van der Waals surface area (Å²) in [6.07, 6.45) is 3.97. The molecule has 6 heteroatoms. The third-order valence-corrected chi connectivity index (χ3v) is 5.06. The highest BCUT2D eigenvalue weighted by molar-refractivity contribution is 5.99. The molecule has 0 aliphatic rings. The number of ketones is 1. The van der Waals surface area contributed by atoms with Crippen LogP contribution in [-0.4, -0.2) is 55.2 Å². The van der Waals surface area contributed by atoms with Crippen LogP contribution in [0.1, 0.15) is 35.2 Å². The van der Waals surface area contributed by atoms with E-state index in [0.717, 1.165) is 29.0 Å². The summed E-state index contributed by atoms with van der Waals surface area (Å²) >= 11 is 0. The first-order valence-electron chi connectivity index (χ1n) is 10.1. The monoisotopic (exact) mass is 407 g/mol. The summed E-state index contributed by atoms with van der Waals surface area (Å²) in [5.74, 6) is 1.53. The highest BCUT2D eigenvalue weighted by Crippen LogP contribution is 2.31. The third kappa shape index (κ3) is 5.48. The van der Waals surface area contributed by atoms with E-state index in [-0.39, 0.29) is 11.7 Å². The first-order valence-corrected chi connectivity index (χ1v) is 10.1. The number of H-pyrrole nitrogens is 1. The summed E-state index contributed by atoms with van der Waals surface area (Å²) in [5, 5.41) is 6.83. The number of Topliss-reactive ketones (excluding diaryl/α,β-unsaturated/α-hetero) is 1. The molecule has 0 aliphatic carbocycles. The molecule has 0 saturated heterocycles. The highest BCUT2D eigenvalue weighted by atomic mass is 16.5. The highest BCUT2D eigenvalue weighted by Gasteiger charge is 2.18. The molecule has 158 valence electrons. The number of hydrogen-bond acceptors (Lipinski definition) is 5. The van der Waals surface area contributed by atoms with Crippen molar-refractivity contribution in [2.24, 2.45) is 0 Å². The molecule has 0 bridgehead atoms. The van der Waals surface area contributed by atoms with Crippen LogP contribution < -0.4 is 9.47 Å². The summed E-state index contributed by atoms with van der Waals surface area (Å²) in [6.45, 7) is 3.33. The van der Waals surface area contributed by atoms with Gasteiger partial charge in [-0.1, -0.05) is 25.1 Å². The Kier molecular flexibility index (Phi) is 7.25. The molecule has 6 nitrogen and oxygen atoms in total. The van der Waals surface area contributed by atoms with Crippen molar-refractivity contribution in [1.82, 2.24) is 15.1 Å². The average molecular weight is 408 g/mol. The van der Waals surface area contributed by atoms with Crippen LogP contribution in [0.4, 0.5) is 0 Å². The topological polar surface area (TPSA) is 67.4 Å². The molecule has 3 rings (SSSR count). The molecule has 1 atom stereocenters. The van der Waals surface area contributed by atoms with Crippen LogP contribution in [0.15, 0.2) is 54.9 Å². The molecule has 0 fully saturated rings. The fourth-order valence-electron chi connectivity index (χ4n) is 3.25. The quantitative estimate of drug-likeness (QED) is 0.505. The fourth-order valence-corrected chi connectivity index (χ4v) is 3.25. The second-order valence-corrected chi connectivity index (χ2v) is 7.65. The number of likely N-dealkylation sites (N-methyl/N-ethyl adjacent to an activating group) is 1. The molecule has 1 N–H and O–H groups in total. The van der Waals surface area contributed by atoms with Crippen molar-refractivity contribution in [1.29, 1.82) is 0 Å². The van der Waals surface area contributed by atoms with Crippen LogP contribution in [0.25, 0.3) is 11.1 Å². The normalized spacial score (nSPS) is 12.0. The second-order valence-electron chi connectivity index (χ2n) is 7.65. The number of nitrogens with zero attached hydrogens (tertiary/aromatic N) is 2. The molecule has 0 spiro atoms. The van der Waals surface area contributed by atoms with Crippen LogP contribution >= 0.6 is 0 Å². The zero-order valence-corrected chi connectivity index (χ0v) is 18.0. The fraction of sp³-hybridized carbons (Fsp3) is 0.333. The van der Waals surface area contributed by atoms with E-state index < -0.39 is 0 Å². The number of ether oxygens (including phenoxy) is 2. The van der Waals surface area contributed by atoms with Crippen molar-refractivity contribution in [2.75, 3.05) is 34.4 Å². The van der Waals surface area contributed by atoms with Gasteiger partial charge in [-0.3, -0.25) is 9.89 Å². The van der Waals surface area contributed by atoms with Crippen molar-refractivity contribution in [2.45, 2.75) is 19.3 Å². The molecule has 1 aromatic heterocycles. The Balaban J connectivity index is 1.82. The number of aromatic nitrogens is 2. The van der Waals surface area contributed by atoms with Crippen molar-refractivity contribution in [3.63, 3.8) is 0 Å². The molecule has 0 aliphatic heterocycles. The van der Waals surface area contributed by atoms with Gasteiger partial charge < -0.3 is 14.4 Å². The Morgan fingerprint density at radius 1 is 1.17 bits per heavy atom. The van der Waals surface area contributed by atoms with E-state index in [2.05, 4.69) is 17.1 Å². The number of hydrogen-bond donors (Lipinski definition) is 1. The molecule has 0 radical (unpaired) electrons. The molecule has 0 saturated carbocycles. The molecule has 0 unspecified atom stereocenters. The summed E-state index contributed by atoms with van der Waals surface area (Å²) in [5.41, 5.74) is 3.60. The first kappa shape index (κ1) is 21.6. The lowest BCUT2D eigenvalue weighted by Gasteiger charge is -2.16. The van der Waals surface area contributed by atoms with Crippen molar-refractivity contribution in [3.05, 3.63) is 66.0 Å². The van der Waals surface area contributed by atoms with E-state index in [9.17, 15) is 4.79 Å². The minimum absolute atomic E-state index is 0.0592. The molecular formula is C24H29N3O3. The number of benzene rings is 2. The van der Waals surface area contributed by atoms with Crippen molar-refractivity contribution in [3.8, 4) is 22.6 Å². The Hall–Kier alpha value is -3.12. The summed E-state index contributed by atoms with van der Waals surface area (Å²) < 4.78 is 11.3. The summed E-state index contributed by atoms with van der Waals surface area (Å²) in [7, 11) is 5.63. The van der Waals surface area contributed by atoms with E-state index in [4.69, 9.17) is 9.47 Å². The minimum Gasteiger partial charge on any atom is -0.497 e. The van der Waals surface area contributed by atoms with Gasteiger partial charge in [0.2, 0.25) is 0 Å². The molecule has 0 amide bonds. The number of aromatic amines is 1. The van der Waals surface area contributed by atoms with Crippen LogP contribution in [0, 0.1) is 0 Å². The van der Waals surface area contributed by atoms with Gasteiger partial charge >= 0.3 is 0 Å². The van der Waals surface area contributed by atoms with Crippen LogP contribution in [0.2, 0.25) is 0 Å². The lowest BCUT2D eigenvalue weighted by molar-refractivity contribution is 0.0971. The maximum Gasteiger partial charge on any atom is 0.167 e. The van der Waals surface area contributed by atoms with Crippen molar-refractivity contribution >= 4 is 5.78 Å². The lowest BCUT2D eigenvalue weighted by atomic mass is 9.92. The number of nitrogens with one attached hydrogen (secondary N) is 1. The van der Waals surface area contributed by atoms with Gasteiger partial charge in [0.15, 0.2) is 5.78 Å². The molecular weight excluding hydrogens is 378 g/mol. The van der Waals surface area contributed by atoms with E-state index in [1.54, 1.807) is 13.3 Å². The largest absolute Gasteiger partial charge is 0.497 e. The van der Waals surface area contributed by atoms with Crippen LogP contribution in [-0.2, 0) is 0 Å². The molecule has 3 aromatic rings. The van der Waals surface area contributed by atoms with Gasteiger partial charge in [0.25, 0.3) is 0 Å². The SMILES string of the molecule is COc1cccc([C@@H](C)CC(=O)c2ccc(-c3cn[nH]c3)cc2OCCN(C)C)c1. The van der Waals surface area contributed by atoms with E-state index in [1.165, 1.54) is 0 Å². The Morgan fingerprint density at radius 2 is 2.00 bits per heavy atom. The van der Waals surface area contributed by atoms with Gasteiger partial charge in [0, 0.05) is 24.7 Å². The first-order chi connectivity index (χ1) is 14.5. The molecule has 1 heterocycles. The predicted molar refractivity (Wildman–Crippen MR) is 118 cm³/mol. The number of rotatable bonds is 10. The molecule has 2 aromatic carbocycles. The van der Waals surface area contributed by atoms with E-state index >= 15 is 0 Å². The number of carbonyl (C=O) groups is 1. The van der Waals surface area contributed by atoms with E-state index in [1.807, 2.05) is 67.7 Å². The summed E-state index contributed by atoms with van der Waals surface area (Å²) in [6, 6.07) is 13.6. The van der Waals surface area contributed by atoms with Gasteiger partial charge in [-0.2, -0.15) is 5.10 Å². The smallest absolute Gasteiger partial charge is 0.167 e. The minimum atomic E-state index is 0.0592. The lowest BCUT2D eigenvalue weighted by Crippen LogP contribution is -2.20. The summed E-state index contributed by atoms with van der Waals surface area (Å²) in [4.78, 5) is 15.2. The maximum atomic E-state index is 13.2. The zero-order chi connectivity index (χ0) is 21.5. The van der Waals surface area contributed by atoms with Gasteiger partial charge in [-0.05, 0) is 55.4 Å². The molecule has 30 heavy (non-hydrogen) atoms. The predicted octanol–water partition coefficient (Wildman–Crippen LogP) is 4.40. The third-order valence-electron chi connectivity index (χ3n) is 5.06. The van der Waals surface area contributed by atoms with Gasteiger partial charge in [-0.15, -0.1) is 0 Å². The number of methoxy groups -OCH3 is 1. The van der Waals surface area contributed by atoms with Crippen LogP contribution in [0.3, 0.4) is 0 Å². The van der Waals surface area contributed by atoms with Gasteiger partial charge in [-0.25, -0.2) is 0 Å². The number of carbonyl (C=O) groups excluding carboxylic acids is 1. The van der Waals surface area contributed by atoms with Crippen LogP contribution in [0.5, 0.6) is 11.5 Å².